The minimum atomic E-state index is -2.31. The molecule has 0 radical (unpaired) electrons. The third-order valence-corrected chi connectivity index (χ3v) is 14.4. The van der Waals surface area contributed by atoms with Gasteiger partial charge in [-0.25, -0.2) is 0 Å². The molecule has 0 spiro atoms. The monoisotopic (exact) mass is 554 g/mol. The Kier molecular flexibility index (Phi) is 8.64. The van der Waals surface area contributed by atoms with Gasteiger partial charge in [0.1, 0.15) is 6.79 Å². The zero-order valence-corrected chi connectivity index (χ0v) is 25.7. The molecule has 0 amide bonds. The summed E-state index contributed by atoms with van der Waals surface area (Å²) in [6.45, 7) is 13.0. The Morgan fingerprint density at radius 2 is 1.58 bits per heavy atom. The fourth-order valence-electron chi connectivity index (χ4n) is 6.85. The van der Waals surface area contributed by atoms with Gasteiger partial charge in [0, 0.05) is 12.5 Å². The van der Waals surface area contributed by atoms with Gasteiger partial charge in [0.05, 0.1) is 39.0 Å². The minimum absolute atomic E-state index is 0.0342. The van der Waals surface area contributed by atoms with E-state index in [1.165, 1.54) is 21.3 Å². The summed E-state index contributed by atoms with van der Waals surface area (Å²) < 4.78 is 34.5. The van der Waals surface area contributed by atoms with E-state index in [1.807, 2.05) is 0 Å². The summed E-state index contributed by atoms with van der Waals surface area (Å²) >= 11 is 0. The van der Waals surface area contributed by atoms with Gasteiger partial charge < -0.3 is 28.1 Å². The van der Waals surface area contributed by atoms with Crippen LogP contribution in [0.1, 0.15) is 53.4 Å². The molecular weight excluding hydrogens is 508 g/mol. The SMILES string of the molecule is COCO[C@]12C[C@@H](C(=O)OC)[C@H](O[Si](C)(C)C(C)(C)C)[C@@]1(C)C=C[C@@H]1CC(C(=O)OC)(C(=O)OC)CC[C@H]12. The Hall–Kier alpha value is -1.75. The highest BCUT2D eigenvalue weighted by molar-refractivity contribution is 6.74. The van der Waals surface area contributed by atoms with Crippen molar-refractivity contribution in [1.82, 2.24) is 0 Å². The van der Waals surface area contributed by atoms with Crippen molar-refractivity contribution < 1.29 is 42.5 Å². The number of esters is 3. The normalized spacial score (nSPS) is 34.2. The van der Waals surface area contributed by atoms with Gasteiger partial charge >= 0.3 is 17.9 Å². The van der Waals surface area contributed by atoms with E-state index in [1.54, 1.807) is 7.11 Å². The highest BCUT2D eigenvalue weighted by atomic mass is 28.4. The molecule has 0 aromatic rings. The number of methoxy groups -OCH3 is 4. The topological polar surface area (TPSA) is 107 Å². The van der Waals surface area contributed by atoms with Crippen LogP contribution in [-0.4, -0.2) is 73.2 Å². The van der Waals surface area contributed by atoms with Crippen LogP contribution in [0.5, 0.6) is 0 Å². The molecule has 0 unspecified atom stereocenters. The van der Waals surface area contributed by atoms with E-state index in [4.69, 9.17) is 28.1 Å². The molecule has 9 nitrogen and oxygen atoms in total. The predicted octanol–water partition coefficient (Wildman–Crippen LogP) is 4.25. The van der Waals surface area contributed by atoms with Crippen LogP contribution < -0.4 is 0 Å². The molecule has 2 fully saturated rings. The van der Waals surface area contributed by atoms with Crippen molar-refractivity contribution in [3.63, 3.8) is 0 Å². The fourth-order valence-corrected chi connectivity index (χ4v) is 8.25. The van der Waals surface area contributed by atoms with Crippen molar-refractivity contribution in [2.24, 2.45) is 28.6 Å². The first-order valence-electron chi connectivity index (χ1n) is 13.4. The third kappa shape index (κ3) is 4.65. The van der Waals surface area contributed by atoms with Gasteiger partial charge in [0.25, 0.3) is 0 Å². The van der Waals surface area contributed by atoms with E-state index in [-0.39, 0.29) is 42.5 Å². The molecule has 0 aromatic heterocycles. The van der Waals surface area contributed by atoms with E-state index < -0.39 is 48.7 Å². The molecule has 0 aliphatic heterocycles. The van der Waals surface area contributed by atoms with Crippen LogP contribution in [0.4, 0.5) is 0 Å². The average molecular weight is 555 g/mol. The molecule has 0 heterocycles. The van der Waals surface area contributed by atoms with Crippen LogP contribution in [0.25, 0.3) is 0 Å². The van der Waals surface area contributed by atoms with Crippen molar-refractivity contribution in [2.45, 2.75) is 83.2 Å². The Balaban J connectivity index is 2.15. The second-order valence-corrected chi connectivity index (χ2v) is 17.5. The summed E-state index contributed by atoms with van der Waals surface area (Å²) in [5, 5.41) is -0.0744. The molecule has 3 aliphatic rings. The number of allylic oxidation sites excluding steroid dienone is 1. The number of hydrogen-bond acceptors (Lipinski definition) is 9. The van der Waals surface area contributed by atoms with E-state index in [9.17, 15) is 14.4 Å². The summed E-state index contributed by atoms with van der Waals surface area (Å²) in [5.41, 5.74) is -2.91. The number of carbonyl (C=O) groups excluding carboxylic acids is 3. The molecule has 2 saturated carbocycles. The number of rotatable bonds is 8. The quantitative estimate of drug-likeness (QED) is 0.109. The highest BCUT2D eigenvalue weighted by Crippen LogP contribution is 2.65. The van der Waals surface area contributed by atoms with Crippen molar-refractivity contribution in [2.75, 3.05) is 35.2 Å². The largest absolute Gasteiger partial charge is 0.469 e. The fraction of sp³-hybridized carbons (Fsp3) is 0.821. The summed E-state index contributed by atoms with van der Waals surface area (Å²) in [6, 6.07) is 0. The summed E-state index contributed by atoms with van der Waals surface area (Å²) in [5.74, 6) is -2.34. The lowest BCUT2D eigenvalue weighted by molar-refractivity contribution is -0.219. The molecule has 0 aromatic carbocycles. The lowest BCUT2D eigenvalue weighted by atomic mass is 9.53. The molecular formula is C28H46O9Si. The number of hydrogen-bond donors (Lipinski definition) is 0. The summed E-state index contributed by atoms with van der Waals surface area (Å²) in [6.07, 6.45) is 5.05. The van der Waals surface area contributed by atoms with Gasteiger partial charge in [-0.3, -0.25) is 14.4 Å². The van der Waals surface area contributed by atoms with Gasteiger partial charge in [-0.1, -0.05) is 39.8 Å². The Morgan fingerprint density at radius 1 is 0.974 bits per heavy atom. The van der Waals surface area contributed by atoms with E-state index in [2.05, 4.69) is 52.9 Å². The molecule has 10 heteroatoms. The molecule has 6 atom stereocenters. The van der Waals surface area contributed by atoms with Gasteiger partial charge in [-0.15, -0.1) is 0 Å². The lowest BCUT2D eigenvalue weighted by Crippen LogP contribution is -2.61. The first kappa shape index (κ1) is 30.8. The second kappa shape index (κ2) is 10.7. The first-order chi connectivity index (χ1) is 17.6. The zero-order valence-electron chi connectivity index (χ0n) is 24.7. The van der Waals surface area contributed by atoms with Gasteiger partial charge in [-0.05, 0) is 55.7 Å². The summed E-state index contributed by atoms with van der Waals surface area (Å²) in [4.78, 5) is 39.1. The smallest absolute Gasteiger partial charge is 0.323 e. The predicted molar refractivity (Wildman–Crippen MR) is 142 cm³/mol. The summed E-state index contributed by atoms with van der Waals surface area (Å²) in [7, 11) is 3.23. The van der Waals surface area contributed by atoms with Crippen LogP contribution in [0, 0.1) is 28.6 Å². The maximum absolute atomic E-state index is 13.3. The third-order valence-electron chi connectivity index (χ3n) is 9.98. The maximum atomic E-state index is 13.3. The molecule has 0 bridgehead atoms. The van der Waals surface area contributed by atoms with Crippen LogP contribution in [0.2, 0.25) is 18.1 Å². The van der Waals surface area contributed by atoms with Crippen molar-refractivity contribution >= 4 is 26.2 Å². The molecule has 0 saturated heterocycles. The number of ether oxygens (including phenoxy) is 5. The van der Waals surface area contributed by atoms with Crippen LogP contribution in [0.15, 0.2) is 12.2 Å². The number of fused-ring (bicyclic) bond motifs is 3. The van der Waals surface area contributed by atoms with Crippen LogP contribution in [-0.2, 0) is 42.5 Å². The van der Waals surface area contributed by atoms with Crippen molar-refractivity contribution in [3.8, 4) is 0 Å². The van der Waals surface area contributed by atoms with E-state index in [0.29, 0.717) is 12.8 Å². The Morgan fingerprint density at radius 3 is 2.08 bits per heavy atom. The molecule has 216 valence electrons. The average Bonchev–Trinajstić information content (AvgIpc) is 3.13. The molecule has 3 rings (SSSR count). The van der Waals surface area contributed by atoms with Crippen LogP contribution in [0.3, 0.4) is 0 Å². The van der Waals surface area contributed by atoms with Gasteiger partial charge in [0.15, 0.2) is 13.7 Å². The number of carbonyl (C=O) groups is 3. The molecule has 0 N–H and O–H groups in total. The standard InChI is InChI=1S/C28H46O9Si/c1-25(2,3)38(9,10)37-21-19(22(29)33-6)16-28(36-17-32-5)20-12-14-27(23(30)34-7,24(31)35-8)15-18(20)11-13-26(21,28)4/h11,13,18-21H,12,14-17H2,1-10H3/t18-,19-,20-,21+,26-,28+/m1/s1. The molecule has 38 heavy (non-hydrogen) atoms. The van der Waals surface area contributed by atoms with E-state index in [0.717, 1.165) is 0 Å². The van der Waals surface area contributed by atoms with Crippen LogP contribution >= 0.6 is 0 Å². The highest BCUT2D eigenvalue weighted by Gasteiger charge is 2.71. The molecule has 3 aliphatic carbocycles. The van der Waals surface area contributed by atoms with Gasteiger partial charge in [0.2, 0.25) is 0 Å². The lowest BCUT2D eigenvalue weighted by Gasteiger charge is -2.57. The first-order valence-corrected chi connectivity index (χ1v) is 16.3. The Labute approximate surface area is 228 Å². The Bertz CT molecular complexity index is 938. The minimum Gasteiger partial charge on any atom is -0.469 e. The van der Waals surface area contributed by atoms with Crippen molar-refractivity contribution in [3.05, 3.63) is 12.2 Å². The van der Waals surface area contributed by atoms with E-state index >= 15 is 0 Å². The second-order valence-electron chi connectivity index (χ2n) is 12.8. The van der Waals surface area contributed by atoms with Crippen molar-refractivity contribution in [1.29, 1.82) is 0 Å². The van der Waals surface area contributed by atoms with Gasteiger partial charge in [-0.2, -0.15) is 0 Å². The zero-order chi connectivity index (χ0) is 28.7. The maximum Gasteiger partial charge on any atom is 0.323 e.